The third-order valence-electron chi connectivity index (χ3n) is 4.35. The minimum Gasteiger partial charge on any atom is -0.481 e. The maximum absolute atomic E-state index is 11.0. The molecule has 0 aromatic heterocycles. The lowest BCUT2D eigenvalue weighted by Gasteiger charge is -2.43. The molecule has 0 amide bonds. The number of carboxylic acid groups (broad SMARTS) is 1. The molecule has 1 N–H and O–H groups in total. The SMILES string of the molecule is CCC1CC(N2CCCCC2CC(=O)O)CCO1. The van der Waals surface area contributed by atoms with E-state index in [1.165, 1.54) is 12.8 Å². The first-order valence-electron chi connectivity index (χ1n) is 7.29. The Balaban J connectivity index is 1.96. The number of hydrogen-bond donors (Lipinski definition) is 1. The van der Waals surface area contributed by atoms with E-state index in [2.05, 4.69) is 11.8 Å². The molecule has 0 radical (unpaired) electrons. The average molecular weight is 255 g/mol. The highest BCUT2D eigenvalue weighted by molar-refractivity contribution is 5.67. The summed E-state index contributed by atoms with van der Waals surface area (Å²) in [6, 6.07) is 0.783. The molecule has 0 aliphatic carbocycles. The second-order valence-corrected chi connectivity index (χ2v) is 5.56. The van der Waals surface area contributed by atoms with Gasteiger partial charge in [-0.05, 0) is 38.6 Å². The molecule has 104 valence electrons. The van der Waals surface area contributed by atoms with Gasteiger partial charge in [-0.2, -0.15) is 0 Å². The van der Waals surface area contributed by atoms with Gasteiger partial charge in [0.1, 0.15) is 0 Å². The Morgan fingerprint density at radius 1 is 1.39 bits per heavy atom. The number of hydrogen-bond acceptors (Lipinski definition) is 3. The van der Waals surface area contributed by atoms with Crippen LogP contribution in [0.15, 0.2) is 0 Å². The van der Waals surface area contributed by atoms with Gasteiger partial charge in [-0.3, -0.25) is 9.69 Å². The van der Waals surface area contributed by atoms with Crippen LogP contribution < -0.4 is 0 Å². The highest BCUT2D eigenvalue weighted by Crippen LogP contribution is 2.28. The molecule has 2 aliphatic rings. The van der Waals surface area contributed by atoms with E-state index in [0.29, 0.717) is 18.6 Å². The molecule has 2 aliphatic heterocycles. The van der Waals surface area contributed by atoms with Crippen LogP contribution >= 0.6 is 0 Å². The van der Waals surface area contributed by atoms with Gasteiger partial charge in [-0.1, -0.05) is 13.3 Å². The number of rotatable bonds is 4. The third-order valence-corrected chi connectivity index (χ3v) is 4.35. The topological polar surface area (TPSA) is 49.8 Å². The van der Waals surface area contributed by atoms with Crippen LogP contribution in [0.25, 0.3) is 0 Å². The summed E-state index contributed by atoms with van der Waals surface area (Å²) in [5, 5.41) is 9.03. The van der Waals surface area contributed by atoms with E-state index in [9.17, 15) is 4.79 Å². The molecule has 4 heteroatoms. The number of aliphatic carboxylic acids is 1. The van der Waals surface area contributed by atoms with E-state index in [-0.39, 0.29) is 6.04 Å². The predicted molar refractivity (Wildman–Crippen MR) is 69.7 cm³/mol. The largest absolute Gasteiger partial charge is 0.481 e. The predicted octanol–water partition coefficient (Wildman–Crippen LogP) is 2.27. The van der Waals surface area contributed by atoms with Crippen LogP contribution in [0.5, 0.6) is 0 Å². The lowest BCUT2D eigenvalue weighted by Crippen LogP contribution is -2.50. The van der Waals surface area contributed by atoms with Gasteiger partial charge in [0.05, 0.1) is 12.5 Å². The van der Waals surface area contributed by atoms with Crippen LogP contribution in [-0.2, 0) is 9.53 Å². The zero-order chi connectivity index (χ0) is 13.0. The van der Waals surface area contributed by atoms with Crippen molar-refractivity contribution in [2.45, 2.75) is 70.1 Å². The Kier molecular flexibility index (Phi) is 5.01. The summed E-state index contributed by atoms with van der Waals surface area (Å²) in [5.74, 6) is -0.661. The van der Waals surface area contributed by atoms with E-state index in [0.717, 1.165) is 38.8 Å². The minimum absolute atomic E-state index is 0.247. The molecule has 2 saturated heterocycles. The summed E-state index contributed by atoms with van der Waals surface area (Å²) in [6.07, 6.45) is 7.30. The molecule has 4 nitrogen and oxygen atoms in total. The molecule has 2 heterocycles. The molecule has 3 atom stereocenters. The summed E-state index contributed by atoms with van der Waals surface area (Å²) in [5.41, 5.74) is 0. The number of nitrogens with zero attached hydrogens (tertiary/aromatic N) is 1. The summed E-state index contributed by atoms with van der Waals surface area (Å²) in [7, 11) is 0. The Labute approximate surface area is 109 Å². The van der Waals surface area contributed by atoms with Gasteiger partial charge in [0.25, 0.3) is 0 Å². The van der Waals surface area contributed by atoms with E-state index in [4.69, 9.17) is 9.84 Å². The van der Waals surface area contributed by atoms with Gasteiger partial charge in [0.2, 0.25) is 0 Å². The van der Waals surface area contributed by atoms with E-state index >= 15 is 0 Å². The van der Waals surface area contributed by atoms with Gasteiger partial charge in [0, 0.05) is 18.7 Å². The van der Waals surface area contributed by atoms with Crippen LogP contribution in [-0.4, -0.2) is 47.3 Å². The first kappa shape index (κ1) is 13.8. The maximum atomic E-state index is 11.0. The molecule has 2 fully saturated rings. The quantitative estimate of drug-likeness (QED) is 0.837. The van der Waals surface area contributed by atoms with Crippen molar-refractivity contribution in [1.82, 2.24) is 4.90 Å². The molecule has 0 aromatic rings. The lowest BCUT2D eigenvalue weighted by atomic mass is 9.92. The van der Waals surface area contributed by atoms with E-state index in [1.807, 2.05) is 0 Å². The number of carboxylic acids is 1. The normalized spacial score (nSPS) is 34.4. The highest BCUT2D eigenvalue weighted by atomic mass is 16.5. The molecule has 0 spiro atoms. The van der Waals surface area contributed by atoms with Crippen molar-refractivity contribution in [1.29, 1.82) is 0 Å². The highest BCUT2D eigenvalue weighted by Gasteiger charge is 2.33. The van der Waals surface area contributed by atoms with Crippen molar-refractivity contribution >= 4 is 5.97 Å². The molecule has 3 unspecified atom stereocenters. The third kappa shape index (κ3) is 3.45. The summed E-state index contributed by atoms with van der Waals surface area (Å²) < 4.78 is 5.72. The van der Waals surface area contributed by atoms with Crippen LogP contribution in [0.4, 0.5) is 0 Å². The van der Waals surface area contributed by atoms with Gasteiger partial charge in [0.15, 0.2) is 0 Å². The lowest BCUT2D eigenvalue weighted by molar-refractivity contribution is -0.139. The van der Waals surface area contributed by atoms with Crippen molar-refractivity contribution in [3.63, 3.8) is 0 Å². The van der Waals surface area contributed by atoms with Crippen molar-refractivity contribution in [2.24, 2.45) is 0 Å². The van der Waals surface area contributed by atoms with E-state index < -0.39 is 5.97 Å². The zero-order valence-corrected chi connectivity index (χ0v) is 11.3. The van der Waals surface area contributed by atoms with Crippen LogP contribution in [0, 0.1) is 0 Å². The van der Waals surface area contributed by atoms with Gasteiger partial charge >= 0.3 is 5.97 Å². The van der Waals surface area contributed by atoms with Crippen molar-refractivity contribution < 1.29 is 14.6 Å². The van der Waals surface area contributed by atoms with Crippen LogP contribution in [0.2, 0.25) is 0 Å². The van der Waals surface area contributed by atoms with Gasteiger partial charge < -0.3 is 9.84 Å². The number of carbonyl (C=O) groups is 1. The summed E-state index contributed by atoms with van der Waals surface area (Å²) in [4.78, 5) is 13.4. The first-order valence-corrected chi connectivity index (χ1v) is 7.29. The minimum atomic E-state index is -0.661. The molecule has 0 bridgehead atoms. The van der Waals surface area contributed by atoms with Crippen LogP contribution in [0.3, 0.4) is 0 Å². The standard InChI is InChI=1S/C14H25NO3/c1-2-13-9-12(6-8-18-13)15-7-4-3-5-11(15)10-14(16)17/h11-13H,2-10H2,1H3,(H,16,17). The van der Waals surface area contributed by atoms with Crippen LogP contribution in [0.1, 0.15) is 51.9 Å². The van der Waals surface area contributed by atoms with Crippen molar-refractivity contribution in [3.8, 4) is 0 Å². The number of piperidine rings is 1. The van der Waals surface area contributed by atoms with Gasteiger partial charge in [-0.15, -0.1) is 0 Å². The monoisotopic (exact) mass is 255 g/mol. The maximum Gasteiger partial charge on any atom is 0.304 e. The fourth-order valence-electron chi connectivity index (χ4n) is 3.37. The Hall–Kier alpha value is -0.610. The Morgan fingerprint density at radius 2 is 2.22 bits per heavy atom. The second-order valence-electron chi connectivity index (χ2n) is 5.56. The fourth-order valence-corrected chi connectivity index (χ4v) is 3.37. The fraction of sp³-hybridized carbons (Fsp3) is 0.929. The zero-order valence-electron chi connectivity index (χ0n) is 11.3. The first-order chi connectivity index (χ1) is 8.70. The summed E-state index contributed by atoms with van der Waals surface area (Å²) in [6.45, 7) is 4.07. The molecular weight excluding hydrogens is 230 g/mol. The second kappa shape index (κ2) is 6.53. The van der Waals surface area contributed by atoms with Crippen molar-refractivity contribution in [2.75, 3.05) is 13.2 Å². The molecule has 0 saturated carbocycles. The summed E-state index contributed by atoms with van der Waals surface area (Å²) >= 11 is 0. The Morgan fingerprint density at radius 3 is 2.94 bits per heavy atom. The number of ether oxygens (including phenoxy) is 1. The molecule has 18 heavy (non-hydrogen) atoms. The molecule has 2 rings (SSSR count). The molecular formula is C14H25NO3. The molecule has 0 aromatic carbocycles. The van der Waals surface area contributed by atoms with E-state index in [1.54, 1.807) is 0 Å². The Bertz CT molecular complexity index is 282. The van der Waals surface area contributed by atoms with Crippen molar-refractivity contribution in [3.05, 3.63) is 0 Å². The average Bonchev–Trinajstić information content (AvgIpc) is 2.39. The number of likely N-dealkylation sites (tertiary alicyclic amines) is 1. The smallest absolute Gasteiger partial charge is 0.304 e. The van der Waals surface area contributed by atoms with Gasteiger partial charge in [-0.25, -0.2) is 0 Å².